The third-order valence-corrected chi connectivity index (χ3v) is 6.28. The summed E-state index contributed by atoms with van der Waals surface area (Å²) in [7, 11) is 1.74. The van der Waals surface area contributed by atoms with Gasteiger partial charge in [-0.05, 0) is 44.6 Å². The highest BCUT2D eigenvalue weighted by Gasteiger charge is 2.12. The number of hydrogen-bond donors (Lipinski definition) is 2. The van der Waals surface area contributed by atoms with Crippen LogP contribution in [0.15, 0.2) is 133 Å². The van der Waals surface area contributed by atoms with E-state index >= 15 is 0 Å². The molecule has 4 aromatic carbocycles. The second-order valence-corrected chi connectivity index (χ2v) is 8.83. The van der Waals surface area contributed by atoms with E-state index in [4.69, 9.17) is 11.5 Å². The summed E-state index contributed by atoms with van der Waals surface area (Å²) in [5.74, 6) is 0. The molecule has 4 N–H and O–H groups in total. The molecule has 35 heavy (non-hydrogen) atoms. The van der Waals surface area contributed by atoms with E-state index in [2.05, 4.69) is 97.1 Å². The molecule has 0 aliphatic rings. The van der Waals surface area contributed by atoms with Gasteiger partial charge < -0.3 is 11.5 Å². The summed E-state index contributed by atoms with van der Waals surface area (Å²) in [4.78, 5) is 0. The van der Waals surface area contributed by atoms with Gasteiger partial charge >= 0.3 is 0 Å². The predicted octanol–water partition coefficient (Wildman–Crippen LogP) is 5.84. The maximum absolute atomic E-state index is 6.67. The molecule has 0 fully saturated rings. The van der Waals surface area contributed by atoms with Crippen LogP contribution in [0.4, 0.5) is 0 Å². The van der Waals surface area contributed by atoms with Gasteiger partial charge in [0.25, 0.3) is 0 Å². The lowest BCUT2D eigenvalue weighted by Crippen LogP contribution is -2.13. The molecule has 0 radical (unpaired) electrons. The van der Waals surface area contributed by atoms with Crippen LogP contribution in [0.25, 0.3) is 11.1 Å². The Balaban J connectivity index is 1.44. The van der Waals surface area contributed by atoms with E-state index < -0.39 is 0 Å². The lowest BCUT2D eigenvalue weighted by molar-refractivity contribution is 1.06. The van der Waals surface area contributed by atoms with Gasteiger partial charge in [0.2, 0.25) is 0 Å². The zero-order valence-electron chi connectivity index (χ0n) is 20.2. The van der Waals surface area contributed by atoms with Gasteiger partial charge in [-0.1, -0.05) is 140 Å². The minimum Gasteiger partial charge on any atom is -0.409 e. The van der Waals surface area contributed by atoms with Gasteiger partial charge in [0, 0.05) is 0 Å². The average Bonchev–Trinajstić information content (AvgIpc) is 2.91. The lowest BCUT2D eigenvalue weighted by Gasteiger charge is -2.14. The topological polar surface area (TPSA) is 52.0 Å². The van der Waals surface area contributed by atoms with Crippen molar-refractivity contribution < 1.29 is 0 Å². The van der Waals surface area contributed by atoms with Gasteiger partial charge in [-0.2, -0.15) is 0 Å². The Morgan fingerprint density at radius 1 is 0.429 bits per heavy atom. The van der Waals surface area contributed by atoms with Crippen molar-refractivity contribution in [2.75, 3.05) is 0 Å². The Hall–Kier alpha value is -3.91. The largest absolute Gasteiger partial charge is 0.409 e. The van der Waals surface area contributed by atoms with E-state index in [-0.39, 0.29) is 0 Å². The van der Waals surface area contributed by atoms with Crippen molar-refractivity contribution in [2.24, 2.45) is 11.5 Å². The molecule has 0 aliphatic heterocycles. The summed E-state index contributed by atoms with van der Waals surface area (Å²) in [5.41, 5.74) is 22.2. The predicted molar refractivity (Wildman–Crippen MR) is 155 cm³/mol. The monoisotopic (exact) mass is 454 g/mol. The molecule has 0 aliphatic carbocycles. The van der Waals surface area contributed by atoms with Crippen LogP contribution in [0.2, 0.25) is 12.6 Å². The molecule has 0 saturated carbocycles. The SMILES string of the molecule is NC(BCCCBC(N)=C(c1ccccc1)c1ccccc1)=C(c1ccccc1)c1ccccc1. The molecule has 0 heterocycles. The standard InChI is InChI=1S/C31H32B2N2/c34-30(28(24-14-5-1-6-15-24)25-16-7-2-8-17-25)32-22-13-23-33-31(35)29(26-18-9-3-10-19-26)27-20-11-4-12-21-27/h1-12,14-21,32-33H,13,22-23,34-35H2. The summed E-state index contributed by atoms with van der Waals surface area (Å²) >= 11 is 0. The quantitative estimate of drug-likeness (QED) is 0.234. The van der Waals surface area contributed by atoms with Crippen molar-refractivity contribution in [3.8, 4) is 0 Å². The highest BCUT2D eigenvalue weighted by molar-refractivity contribution is 6.49. The van der Waals surface area contributed by atoms with E-state index in [1.807, 2.05) is 24.3 Å². The minimum atomic E-state index is 0.868. The van der Waals surface area contributed by atoms with Crippen molar-refractivity contribution in [1.82, 2.24) is 0 Å². The molecule has 0 atom stereocenters. The summed E-state index contributed by atoms with van der Waals surface area (Å²) < 4.78 is 0. The van der Waals surface area contributed by atoms with E-state index in [1.165, 1.54) is 22.3 Å². The van der Waals surface area contributed by atoms with Crippen molar-refractivity contribution in [3.63, 3.8) is 0 Å². The highest BCUT2D eigenvalue weighted by atomic mass is 14.5. The van der Waals surface area contributed by atoms with Crippen LogP contribution in [-0.2, 0) is 0 Å². The molecule has 0 unspecified atom stereocenters. The van der Waals surface area contributed by atoms with Gasteiger partial charge in [0.05, 0.1) is 0 Å². The van der Waals surface area contributed by atoms with Crippen LogP contribution in [0.5, 0.6) is 0 Å². The van der Waals surface area contributed by atoms with Gasteiger partial charge in [-0.3, -0.25) is 0 Å². The van der Waals surface area contributed by atoms with E-state index in [0.29, 0.717) is 0 Å². The average molecular weight is 454 g/mol. The van der Waals surface area contributed by atoms with Gasteiger partial charge in [-0.15, -0.1) is 0 Å². The normalized spacial score (nSPS) is 10.3. The third-order valence-electron chi connectivity index (χ3n) is 6.28. The molecular weight excluding hydrogens is 422 g/mol. The lowest BCUT2D eigenvalue weighted by atomic mass is 9.61. The van der Waals surface area contributed by atoms with Crippen molar-refractivity contribution in [2.45, 2.75) is 19.1 Å². The molecule has 0 bridgehead atoms. The number of rotatable bonds is 10. The minimum absolute atomic E-state index is 0.868. The van der Waals surface area contributed by atoms with Crippen LogP contribution in [-0.4, -0.2) is 14.6 Å². The van der Waals surface area contributed by atoms with Gasteiger partial charge in [-0.25, -0.2) is 0 Å². The Bertz CT molecular complexity index is 1070. The summed E-state index contributed by atoms with van der Waals surface area (Å²) in [6.07, 6.45) is 3.15. The molecule has 4 aromatic rings. The fourth-order valence-electron chi connectivity index (χ4n) is 4.55. The first-order valence-corrected chi connectivity index (χ1v) is 12.4. The zero-order valence-corrected chi connectivity index (χ0v) is 20.2. The fraction of sp³-hybridized carbons (Fsp3) is 0.0968. The second kappa shape index (κ2) is 12.5. The molecule has 172 valence electrons. The van der Waals surface area contributed by atoms with Crippen LogP contribution in [0.3, 0.4) is 0 Å². The molecule has 0 spiro atoms. The second-order valence-electron chi connectivity index (χ2n) is 8.83. The Morgan fingerprint density at radius 2 is 0.686 bits per heavy atom. The molecule has 4 heteroatoms. The van der Waals surface area contributed by atoms with Crippen molar-refractivity contribution in [1.29, 1.82) is 0 Å². The van der Waals surface area contributed by atoms with Crippen LogP contribution in [0.1, 0.15) is 28.7 Å². The third kappa shape index (κ3) is 6.58. The van der Waals surface area contributed by atoms with Crippen LogP contribution < -0.4 is 11.5 Å². The van der Waals surface area contributed by atoms with Gasteiger partial charge in [0.1, 0.15) is 0 Å². The fourth-order valence-corrected chi connectivity index (χ4v) is 4.55. The first-order valence-electron chi connectivity index (χ1n) is 12.4. The highest BCUT2D eigenvalue weighted by Crippen LogP contribution is 2.26. The number of benzene rings is 4. The molecule has 4 rings (SSSR count). The molecular formula is C31H32B2N2. The van der Waals surface area contributed by atoms with E-state index in [0.717, 1.165) is 56.0 Å². The van der Waals surface area contributed by atoms with E-state index in [9.17, 15) is 0 Å². The molecule has 2 nitrogen and oxygen atoms in total. The number of hydrogen-bond acceptors (Lipinski definition) is 2. The first kappa shape index (κ1) is 24.2. The first-order chi connectivity index (χ1) is 17.2. The van der Waals surface area contributed by atoms with Crippen LogP contribution >= 0.6 is 0 Å². The van der Waals surface area contributed by atoms with Crippen molar-refractivity contribution in [3.05, 3.63) is 155 Å². The Kier molecular flexibility index (Phi) is 8.67. The summed E-state index contributed by atoms with van der Waals surface area (Å²) in [6, 6.07) is 41.8. The Labute approximate surface area is 210 Å². The summed E-state index contributed by atoms with van der Waals surface area (Å²) in [5, 5.41) is 0. The van der Waals surface area contributed by atoms with E-state index in [1.54, 1.807) is 0 Å². The van der Waals surface area contributed by atoms with Crippen molar-refractivity contribution >= 4 is 25.7 Å². The zero-order chi connectivity index (χ0) is 24.3. The maximum atomic E-state index is 6.67. The Morgan fingerprint density at radius 3 is 0.943 bits per heavy atom. The smallest absolute Gasteiger partial charge is 0.179 e. The summed E-state index contributed by atoms with van der Waals surface area (Å²) in [6.45, 7) is 0. The molecule has 0 aromatic heterocycles. The van der Waals surface area contributed by atoms with Crippen LogP contribution in [0, 0.1) is 0 Å². The molecule has 0 amide bonds. The van der Waals surface area contributed by atoms with Gasteiger partial charge in [0.15, 0.2) is 14.6 Å². The molecule has 0 saturated heterocycles. The number of nitrogens with two attached hydrogens (primary N) is 2. The maximum Gasteiger partial charge on any atom is 0.179 e.